The standard InChI is InChI=1S/C27H25N5O.ClH/c1-19-5-2-3-7-23(19)27(33)32-16-4-6-22(18-32)25-24(20-8-12-28-13-9-20)17-30-26(31-25)21-10-14-29-15-11-21;/h2-3,5,7-15,17,22H,4,6,16,18H2,1H3;1H. The second-order valence-electron chi connectivity index (χ2n) is 8.37. The number of carbonyl (C=O) groups excluding carboxylic acids is 1. The molecule has 1 fully saturated rings. The first-order valence-corrected chi connectivity index (χ1v) is 11.2. The van der Waals surface area contributed by atoms with Gasteiger partial charge < -0.3 is 4.90 Å². The van der Waals surface area contributed by atoms with E-state index in [1.165, 1.54) is 0 Å². The topological polar surface area (TPSA) is 71.9 Å². The zero-order valence-electron chi connectivity index (χ0n) is 19.0. The van der Waals surface area contributed by atoms with Crippen molar-refractivity contribution >= 4 is 18.3 Å². The molecule has 0 aliphatic carbocycles. The SMILES string of the molecule is Cc1ccccc1C(=O)N1CCCC(c2nc(-c3ccncc3)ncc2-c2ccncc2)C1.Cl. The maximum atomic E-state index is 13.3. The fraction of sp³-hybridized carbons (Fsp3) is 0.222. The lowest BCUT2D eigenvalue weighted by Crippen LogP contribution is -2.39. The van der Waals surface area contributed by atoms with Crippen molar-refractivity contribution in [2.75, 3.05) is 13.1 Å². The quantitative estimate of drug-likeness (QED) is 0.401. The highest BCUT2D eigenvalue weighted by Gasteiger charge is 2.29. The van der Waals surface area contributed by atoms with Crippen LogP contribution < -0.4 is 0 Å². The third kappa shape index (κ3) is 4.82. The van der Waals surface area contributed by atoms with Gasteiger partial charge in [0.1, 0.15) is 0 Å². The van der Waals surface area contributed by atoms with Crippen molar-refractivity contribution in [2.24, 2.45) is 0 Å². The van der Waals surface area contributed by atoms with Crippen LogP contribution in [-0.2, 0) is 0 Å². The molecular weight excluding hydrogens is 446 g/mol. The number of hydrogen-bond acceptors (Lipinski definition) is 5. The van der Waals surface area contributed by atoms with Gasteiger partial charge in [0.2, 0.25) is 0 Å². The van der Waals surface area contributed by atoms with Gasteiger partial charge in [0.15, 0.2) is 5.82 Å². The van der Waals surface area contributed by atoms with Crippen LogP contribution in [0, 0.1) is 6.92 Å². The number of aromatic nitrogens is 4. The molecule has 1 aromatic carbocycles. The lowest BCUT2D eigenvalue weighted by atomic mass is 9.89. The Morgan fingerprint density at radius 3 is 2.32 bits per heavy atom. The van der Waals surface area contributed by atoms with Crippen LogP contribution in [0.25, 0.3) is 22.5 Å². The third-order valence-corrected chi connectivity index (χ3v) is 6.22. The van der Waals surface area contributed by atoms with E-state index in [1.807, 2.05) is 66.6 Å². The van der Waals surface area contributed by atoms with Gasteiger partial charge in [-0.1, -0.05) is 18.2 Å². The number of aryl methyl sites for hydroxylation is 1. The second-order valence-corrected chi connectivity index (χ2v) is 8.37. The van der Waals surface area contributed by atoms with Gasteiger partial charge in [0, 0.05) is 66.7 Å². The predicted molar refractivity (Wildman–Crippen MR) is 135 cm³/mol. The first kappa shape index (κ1) is 23.5. The van der Waals surface area contributed by atoms with Gasteiger partial charge in [-0.05, 0) is 61.2 Å². The van der Waals surface area contributed by atoms with Crippen molar-refractivity contribution in [3.8, 4) is 22.5 Å². The molecule has 1 atom stereocenters. The van der Waals surface area contributed by atoms with Gasteiger partial charge in [-0.3, -0.25) is 14.8 Å². The number of amides is 1. The van der Waals surface area contributed by atoms with Crippen LogP contribution >= 0.6 is 12.4 Å². The van der Waals surface area contributed by atoms with E-state index in [1.54, 1.807) is 24.8 Å². The molecule has 0 saturated carbocycles. The first-order valence-electron chi connectivity index (χ1n) is 11.2. The second kappa shape index (κ2) is 10.5. The lowest BCUT2D eigenvalue weighted by molar-refractivity contribution is 0.0705. The highest BCUT2D eigenvalue weighted by molar-refractivity contribution is 5.95. The average molecular weight is 472 g/mol. The third-order valence-electron chi connectivity index (χ3n) is 6.22. The Morgan fingerprint density at radius 2 is 1.62 bits per heavy atom. The number of rotatable bonds is 4. The van der Waals surface area contributed by atoms with Crippen LogP contribution in [0.2, 0.25) is 0 Å². The normalized spacial score (nSPS) is 15.4. The van der Waals surface area contributed by atoms with E-state index < -0.39 is 0 Å². The van der Waals surface area contributed by atoms with Crippen molar-refractivity contribution in [1.82, 2.24) is 24.8 Å². The van der Waals surface area contributed by atoms with Crippen molar-refractivity contribution in [1.29, 1.82) is 0 Å². The first-order chi connectivity index (χ1) is 16.2. The Balaban J connectivity index is 0.00000274. The molecule has 1 amide bonds. The van der Waals surface area contributed by atoms with Crippen LogP contribution in [0.15, 0.2) is 79.5 Å². The summed E-state index contributed by atoms with van der Waals surface area (Å²) < 4.78 is 0. The van der Waals surface area contributed by atoms with Crippen LogP contribution in [0.5, 0.6) is 0 Å². The molecular formula is C27H26ClN5O. The van der Waals surface area contributed by atoms with Gasteiger partial charge in [-0.15, -0.1) is 12.4 Å². The van der Waals surface area contributed by atoms with Crippen LogP contribution in [0.3, 0.4) is 0 Å². The maximum Gasteiger partial charge on any atom is 0.254 e. The number of carbonyl (C=O) groups is 1. The number of piperidine rings is 1. The summed E-state index contributed by atoms with van der Waals surface area (Å²) in [7, 11) is 0. The predicted octanol–water partition coefficient (Wildman–Crippen LogP) is 5.35. The van der Waals surface area contributed by atoms with Gasteiger partial charge in [0.05, 0.1) is 5.69 Å². The molecule has 0 bridgehead atoms. The molecule has 34 heavy (non-hydrogen) atoms. The van der Waals surface area contributed by atoms with Crippen LogP contribution in [-0.4, -0.2) is 43.8 Å². The molecule has 1 saturated heterocycles. The molecule has 0 N–H and O–H groups in total. The number of likely N-dealkylation sites (tertiary alicyclic amines) is 1. The van der Waals surface area contributed by atoms with Crippen molar-refractivity contribution in [3.63, 3.8) is 0 Å². The molecule has 1 aliphatic heterocycles. The van der Waals surface area contributed by atoms with E-state index in [2.05, 4.69) is 15.0 Å². The van der Waals surface area contributed by atoms with Crippen molar-refractivity contribution in [3.05, 3.63) is 96.3 Å². The number of nitrogens with zero attached hydrogens (tertiary/aromatic N) is 5. The minimum absolute atomic E-state index is 0. The summed E-state index contributed by atoms with van der Waals surface area (Å²) in [4.78, 5) is 33.2. The Labute approximate surface area is 205 Å². The highest BCUT2D eigenvalue weighted by Crippen LogP contribution is 2.34. The molecule has 6 nitrogen and oxygen atoms in total. The molecule has 1 aliphatic rings. The van der Waals surface area contributed by atoms with Gasteiger partial charge in [0.25, 0.3) is 5.91 Å². The molecule has 7 heteroatoms. The smallest absolute Gasteiger partial charge is 0.254 e. The Hall–Kier alpha value is -3.64. The lowest BCUT2D eigenvalue weighted by Gasteiger charge is -2.33. The summed E-state index contributed by atoms with van der Waals surface area (Å²) in [5.74, 6) is 0.887. The summed E-state index contributed by atoms with van der Waals surface area (Å²) in [6.45, 7) is 3.39. The summed E-state index contributed by atoms with van der Waals surface area (Å²) in [5.41, 5.74) is 5.70. The molecule has 4 heterocycles. The van der Waals surface area contributed by atoms with E-state index in [-0.39, 0.29) is 24.2 Å². The van der Waals surface area contributed by atoms with Gasteiger partial charge >= 0.3 is 0 Å². The molecule has 1 unspecified atom stereocenters. The zero-order chi connectivity index (χ0) is 22.6. The van der Waals surface area contributed by atoms with E-state index in [9.17, 15) is 4.79 Å². The van der Waals surface area contributed by atoms with E-state index in [0.717, 1.165) is 52.9 Å². The highest BCUT2D eigenvalue weighted by atomic mass is 35.5. The summed E-state index contributed by atoms with van der Waals surface area (Å²) in [6.07, 6.45) is 10.9. The van der Waals surface area contributed by atoms with Gasteiger partial charge in [-0.25, -0.2) is 9.97 Å². The molecule has 0 radical (unpaired) electrons. The number of pyridine rings is 2. The Morgan fingerprint density at radius 1 is 0.941 bits per heavy atom. The van der Waals surface area contributed by atoms with Gasteiger partial charge in [-0.2, -0.15) is 0 Å². The Kier molecular flexibility index (Phi) is 7.28. The van der Waals surface area contributed by atoms with E-state index in [0.29, 0.717) is 12.4 Å². The minimum atomic E-state index is 0. The van der Waals surface area contributed by atoms with Crippen molar-refractivity contribution in [2.45, 2.75) is 25.7 Å². The van der Waals surface area contributed by atoms with Crippen LogP contribution in [0.4, 0.5) is 0 Å². The zero-order valence-corrected chi connectivity index (χ0v) is 19.8. The molecule has 4 aromatic rings. The summed E-state index contributed by atoms with van der Waals surface area (Å²) in [5, 5.41) is 0. The maximum absolute atomic E-state index is 13.3. The fourth-order valence-corrected chi connectivity index (χ4v) is 4.47. The summed E-state index contributed by atoms with van der Waals surface area (Å²) in [6, 6.07) is 15.6. The minimum Gasteiger partial charge on any atom is -0.338 e. The molecule has 3 aromatic heterocycles. The number of halogens is 1. The molecule has 0 spiro atoms. The largest absolute Gasteiger partial charge is 0.338 e. The van der Waals surface area contributed by atoms with Crippen molar-refractivity contribution < 1.29 is 4.79 Å². The fourth-order valence-electron chi connectivity index (χ4n) is 4.47. The Bertz CT molecular complexity index is 1270. The average Bonchev–Trinajstić information content (AvgIpc) is 2.89. The number of benzene rings is 1. The molecule has 172 valence electrons. The monoisotopic (exact) mass is 471 g/mol. The van der Waals surface area contributed by atoms with Crippen LogP contribution in [0.1, 0.15) is 40.4 Å². The van der Waals surface area contributed by atoms with E-state index in [4.69, 9.17) is 4.98 Å². The summed E-state index contributed by atoms with van der Waals surface area (Å²) >= 11 is 0. The molecule has 5 rings (SSSR count). The number of hydrogen-bond donors (Lipinski definition) is 0. The van der Waals surface area contributed by atoms with E-state index >= 15 is 0 Å².